The third-order valence-corrected chi connectivity index (χ3v) is 4.63. The zero-order valence-corrected chi connectivity index (χ0v) is 12.4. The lowest BCUT2D eigenvalue weighted by atomic mass is 10.1. The molecule has 21 heavy (non-hydrogen) atoms. The third-order valence-electron chi connectivity index (χ3n) is 3.11. The summed E-state index contributed by atoms with van der Waals surface area (Å²) in [6.45, 7) is 3.38. The standard InChI is InChI=1S/C15H15NO4S/c1-10-6-8-12(9-7-10)16-21(19,20)14-5-3-4-13(11(14)2)15(17)18/h3-9,16H,1-2H3,(H,17,18). The predicted octanol–water partition coefficient (Wildman–Crippen LogP) is 2.80. The molecule has 0 atom stereocenters. The number of aryl methyl sites for hydroxylation is 1. The molecule has 0 aliphatic heterocycles. The Balaban J connectivity index is 2.42. The van der Waals surface area contributed by atoms with Gasteiger partial charge < -0.3 is 5.11 Å². The van der Waals surface area contributed by atoms with Crippen molar-refractivity contribution in [3.63, 3.8) is 0 Å². The highest BCUT2D eigenvalue weighted by molar-refractivity contribution is 7.92. The van der Waals surface area contributed by atoms with Crippen LogP contribution in [0.2, 0.25) is 0 Å². The first-order chi connectivity index (χ1) is 9.81. The van der Waals surface area contributed by atoms with E-state index in [0.29, 0.717) is 5.69 Å². The molecular formula is C15H15NO4S. The van der Waals surface area contributed by atoms with Crippen molar-refractivity contribution in [1.82, 2.24) is 0 Å². The lowest BCUT2D eigenvalue weighted by Crippen LogP contribution is -2.15. The largest absolute Gasteiger partial charge is 0.478 e. The molecule has 0 aliphatic carbocycles. The SMILES string of the molecule is Cc1ccc(NS(=O)(=O)c2cccc(C(=O)O)c2C)cc1. The molecule has 5 nitrogen and oxygen atoms in total. The molecule has 2 aromatic carbocycles. The van der Waals surface area contributed by atoms with E-state index in [-0.39, 0.29) is 16.0 Å². The van der Waals surface area contributed by atoms with E-state index in [9.17, 15) is 13.2 Å². The van der Waals surface area contributed by atoms with Crippen molar-refractivity contribution in [3.05, 3.63) is 59.2 Å². The third kappa shape index (κ3) is 3.22. The number of hydrogen-bond acceptors (Lipinski definition) is 3. The molecule has 0 amide bonds. The summed E-state index contributed by atoms with van der Waals surface area (Å²) in [5.74, 6) is -1.15. The zero-order valence-electron chi connectivity index (χ0n) is 11.6. The van der Waals surface area contributed by atoms with Crippen LogP contribution >= 0.6 is 0 Å². The fraction of sp³-hybridized carbons (Fsp3) is 0.133. The van der Waals surface area contributed by atoms with Crippen LogP contribution in [0.3, 0.4) is 0 Å². The summed E-state index contributed by atoms with van der Waals surface area (Å²) in [6, 6.07) is 11.1. The molecule has 0 aliphatic rings. The number of carboxylic acids is 1. The minimum atomic E-state index is -3.83. The van der Waals surface area contributed by atoms with E-state index in [1.165, 1.54) is 25.1 Å². The Bertz CT molecular complexity index is 780. The summed E-state index contributed by atoms with van der Waals surface area (Å²) in [7, 11) is -3.83. The van der Waals surface area contributed by atoms with Gasteiger partial charge in [-0.25, -0.2) is 13.2 Å². The van der Waals surface area contributed by atoms with Crippen molar-refractivity contribution in [1.29, 1.82) is 0 Å². The summed E-state index contributed by atoms with van der Waals surface area (Å²) in [5.41, 5.74) is 1.63. The Kier molecular flexibility index (Phi) is 3.99. The number of carboxylic acid groups (broad SMARTS) is 1. The van der Waals surface area contributed by atoms with Gasteiger partial charge in [-0.2, -0.15) is 0 Å². The molecular weight excluding hydrogens is 290 g/mol. The molecule has 0 spiro atoms. The molecule has 6 heteroatoms. The van der Waals surface area contributed by atoms with E-state index >= 15 is 0 Å². The summed E-state index contributed by atoms with van der Waals surface area (Å²) in [6.07, 6.45) is 0. The quantitative estimate of drug-likeness (QED) is 0.909. The van der Waals surface area contributed by atoms with Crippen molar-refractivity contribution in [2.75, 3.05) is 4.72 Å². The second kappa shape index (κ2) is 5.57. The van der Waals surface area contributed by atoms with Gasteiger partial charge in [0.15, 0.2) is 0 Å². The van der Waals surface area contributed by atoms with Crippen LogP contribution in [0.1, 0.15) is 21.5 Å². The monoisotopic (exact) mass is 305 g/mol. The van der Waals surface area contributed by atoms with Gasteiger partial charge in [0.1, 0.15) is 0 Å². The van der Waals surface area contributed by atoms with Gasteiger partial charge in [-0.1, -0.05) is 23.8 Å². The van der Waals surface area contributed by atoms with Crippen molar-refractivity contribution in [2.45, 2.75) is 18.7 Å². The second-order valence-electron chi connectivity index (χ2n) is 4.71. The Morgan fingerprint density at radius 3 is 2.24 bits per heavy atom. The van der Waals surface area contributed by atoms with E-state index < -0.39 is 16.0 Å². The number of carbonyl (C=O) groups is 1. The van der Waals surface area contributed by atoms with Gasteiger partial charge in [-0.15, -0.1) is 0 Å². The molecule has 0 fully saturated rings. The number of anilines is 1. The molecule has 2 rings (SSSR count). The second-order valence-corrected chi connectivity index (χ2v) is 6.36. The molecule has 0 heterocycles. The van der Waals surface area contributed by atoms with Crippen molar-refractivity contribution < 1.29 is 18.3 Å². The molecule has 0 saturated carbocycles. The van der Waals surface area contributed by atoms with Gasteiger partial charge in [-0.05, 0) is 43.7 Å². The van der Waals surface area contributed by atoms with E-state index in [0.717, 1.165) is 5.56 Å². The number of rotatable bonds is 4. The summed E-state index contributed by atoms with van der Waals surface area (Å²) < 4.78 is 27.2. The van der Waals surface area contributed by atoms with Crippen LogP contribution in [0.15, 0.2) is 47.4 Å². The predicted molar refractivity (Wildman–Crippen MR) is 80.1 cm³/mol. The maximum Gasteiger partial charge on any atom is 0.335 e. The number of aromatic carboxylic acids is 1. The van der Waals surface area contributed by atoms with Gasteiger partial charge in [-0.3, -0.25) is 4.72 Å². The van der Waals surface area contributed by atoms with Gasteiger partial charge in [0.2, 0.25) is 0 Å². The highest BCUT2D eigenvalue weighted by Crippen LogP contribution is 2.22. The lowest BCUT2D eigenvalue weighted by molar-refractivity contribution is 0.0696. The van der Waals surface area contributed by atoms with Crippen LogP contribution in [0.25, 0.3) is 0 Å². The van der Waals surface area contributed by atoms with Crippen LogP contribution in [-0.4, -0.2) is 19.5 Å². The van der Waals surface area contributed by atoms with E-state index in [4.69, 9.17) is 5.11 Å². The fourth-order valence-electron chi connectivity index (χ4n) is 1.97. The van der Waals surface area contributed by atoms with Crippen LogP contribution in [-0.2, 0) is 10.0 Å². The van der Waals surface area contributed by atoms with Crippen molar-refractivity contribution in [3.8, 4) is 0 Å². The smallest absolute Gasteiger partial charge is 0.335 e. The van der Waals surface area contributed by atoms with E-state index in [2.05, 4.69) is 4.72 Å². The van der Waals surface area contributed by atoms with Crippen LogP contribution < -0.4 is 4.72 Å². The molecule has 0 bridgehead atoms. The van der Waals surface area contributed by atoms with Crippen LogP contribution in [0, 0.1) is 13.8 Å². The molecule has 0 aromatic heterocycles. The van der Waals surface area contributed by atoms with Crippen molar-refractivity contribution >= 4 is 21.7 Å². The van der Waals surface area contributed by atoms with Gasteiger partial charge in [0.05, 0.1) is 10.5 Å². The number of sulfonamides is 1. The molecule has 2 aromatic rings. The van der Waals surface area contributed by atoms with Gasteiger partial charge >= 0.3 is 5.97 Å². The first-order valence-corrected chi connectivity index (χ1v) is 7.72. The first kappa shape index (κ1) is 15.1. The van der Waals surface area contributed by atoms with Crippen molar-refractivity contribution in [2.24, 2.45) is 0 Å². The number of hydrogen-bond donors (Lipinski definition) is 2. The Morgan fingerprint density at radius 1 is 1.05 bits per heavy atom. The normalized spacial score (nSPS) is 11.1. The van der Waals surface area contributed by atoms with Gasteiger partial charge in [0.25, 0.3) is 10.0 Å². The summed E-state index contributed by atoms with van der Waals surface area (Å²) in [5, 5.41) is 9.06. The van der Waals surface area contributed by atoms with E-state index in [1.807, 2.05) is 6.92 Å². The Labute approximate surface area is 123 Å². The summed E-state index contributed by atoms with van der Waals surface area (Å²) in [4.78, 5) is 11.0. The number of nitrogens with one attached hydrogen (secondary N) is 1. The summed E-state index contributed by atoms with van der Waals surface area (Å²) >= 11 is 0. The lowest BCUT2D eigenvalue weighted by Gasteiger charge is -2.12. The Hall–Kier alpha value is -2.34. The maximum absolute atomic E-state index is 12.4. The average Bonchev–Trinajstić information content (AvgIpc) is 2.41. The zero-order chi connectivity index (χ0) is 15.6. The fourth-order valence-corrected chi connectivity index (χ4v) is 3.30. The van der Waals surface area contributed by atoms with Gasteiger partial charge in [0, 0.05) is 5.69 Å². The first-order valence-electron chi connectivity index (χ1n) is 6.23. The highest BCUT2D eigenvalue weighted by Gasteiger charge is 2.20. The minimum Gasteiger partial charge on any atom is -0.478 e. The Morgan fingerprint density at radius 2 is 1.67 bits per heavy atom. The number of benzene rings is 2. The highest BCUT2D eigenvalue weighted by atomic mass is 32.2. The average molecular weight is 305 g/mol. The van der Waals surface area contributed by atoms with Crippen LogP contribution in [0.5, 0.6) is 0 Å². The molecule has 110 valence electrons. The molecule has 0 unspecified atom stereocenters. The molecule has 0 saturated heterocycles. The van der Waals surface area contributed by atoms with Crippen LogP contribution in [0.4, 0.5) is 5.69 Å². The van der Waals surface area contributed by atoms with E-state index in [1.54, 1.807) is 24.3 Å². The molecule has 2 N–H and O–H groups in total. The minimum absolute atomic E-state index is 0.0261. The topological polar surface area (TPSA) is 83.5 Å². The molecule has 0 radical (unpaired) electrons. The maximum atomic E-state index is 12.4.